The smallest absolute Gasteiger partial charge is 0.305 e. The van der Waals surface area contributed by atoms with Crippen LogP contribution in [0, 0.1) is 0 Å². The van der Waals surface area contributed by atoms with Gasteiger partial charge in [-0.15, -0.1) is 0 Å². The quantitative estimate of drug-likeness (QED) is 0.461. The molecule has 0 aliphatic heterocycles. The van der Waals surface area contributed by atoms with Crippen molar-refractivity contribution >= 4 is 21.7 Å². The minimum absolute atomic E-state index is 0.0421. The molecule has 2 aromatic rings. The Morgan fingerprint density at radius 1 is 0.968 bits per heavy atom. The Hall–Kier alpha value is -2.67. The van der Waals surface area contributed by atoms with E-state index in [1.807, 2.05) is 37.3 Å². The number of hydrogen-bond acceptors (Lipinski definition) is 5. The van der Waals surface area contributed by atoms with E-state index in [2.05, 4.69) is 0 Å². The lowest BCUT2D eigenvalue weighted by atomic mass is 10.1. The molecule has 0 radical (unpaired) electrons. The van der Waals surface area contributed by atoms with Crippen molar-refractivity contribution in [2.75, 3.05) is 12.4 Å². The first kappa shape index (κ1) is 24.6. The Morgan fingerprint density at radius 2 is 1.58 bits per heavy atom. The van der Waals surface area contributed by atoms with E-state index < -0.39 is 9.84 Å². The molecule has 0 saturated carbocycles. The molecule has 2 aromatic carbocycles. The van der Waals surface area contributed by atoms with Gasteiger partial charge in [0, 0.05) is 25.4 Å². The van der Waals surface area contributed by atoms with Gasteiger partial charge in [-0.05, 0) is 44.4 Å². The molecule has 0 aromatic heterocycles. The van der Waals surface area contributed by atoms with Gasteiger partial charge in [-0.25, -0.2) is 8.42 Å². The summed E-state index contributed by atoms with van der Waals surface area (Å²) in [7, 11) is -3.42. The highest BCUT2D eigenvalue weighted by molar-refractivity contribution is 7.91. The van der Waals surface area contributed by atoms with Gasteiger partial charge < -0.3 is 9.64 Å². The molecule has 1 unspecified atom stereocenters. The van der Waals surface area contributed by atoms with Crippen LogP contribution in [0.3, 0.4) is 0 Å². The average molecular weight is 446 g/mol. The molecule has 2 rings (SSSR count). The third-order valence-electron chi connectivity index (χ3n) is 5.03. The van der Waals surface area contributed by atoms with Crippen LogP contribution in [0.25, 0.3) is 0 Å². The van der Waals surface area contributed by atoms with Crippen molar-refractivity contribution in [1.82, 2.24) is 4.90 Å². The molecular weight excluding hydrogens is 414 g/mol. The van der Waals surface area contributed by atoms with Gasteiger partial charge in [0.05, 0.1) is 17.3 Å². The maximum absolute atomic E-state index is 12.9. The Morgan fingerprint density at radius 3 is 2.19 bits per heavy atom. The summed E-state index contributed by atoms with van der Waals surface area (Å²) >= 11 is 0. The summed E-state index contributed by atoms with van der Waals surface area (Å²) < 4.78 is 30.2. The van der Waals surface area contributed by atoms with E-state index in [-0.39, 0.29) is 41.4 Å². The highest BCUT2D eigenvalue weighted by Gasteiger charge is 2.23. The fourth-order valence-corrected chi connectivity index (χ4v) is 4.72. The van der Waals surface area contributed by atoms with E-state index in [0.717, 1.165) is 5.56 Å². The predicted molar refractivity (Wildman–Crippen MR) is 120 cm³/mol. The lowest BCUT2D eigenvalue weighted by Gasteiger charge is -2.30. The number of esters is 1. The van der Waals surface area contributed by atoms with Crippen LogP contribution >= 0.6 is 0 Å². The third kappa shape index (κ3) is 8.17. The SMILES string of the molecule is CCOC(=O)CCCC(=O)N(Cc1ccccc1)C(C)CCS(=O)(=O)c1ccccc1. The molecule has 1 amide bonds. The second-order valence-electron chi connectivity index (χ2n) is 7.44. The third-order valence-corrected chi connectivity index (χ3v) is 6.80. The van der Waals surface area contributed by atoms with Crippen molar-refractivity contribution in [1.29, 1.82) is 0 Å². The molecule has 0 bridgehead atoms. The van der Waals surface area contributed by atoms with Crippen molar-refractivity contribution in [3.05, 3.63) is 66.2 Å². The van der Waals surface area contributed by atoms with Crippen molar-refractivity contribution in [3.8, 4) is 0 Å². The van der Waals surface area contributed by atoms with E-state index >= 15 is 0 Å². The standard InChI is InChI=1S/C24H31NO5S/c1-3-30-24(27)16-10-15-23(26)25(19-21-11-6-4-7-12-21)20(2)17-18-31(28,29)22-13-8-5-9-14-22/h4-9,11-14,20H,3,10,15-19H2,1-2H3. The van der Waals surface area contributed by atoms with Gasteiger partial charge in [0.25, 0.3) is 0 Å². The van der Waals surface area contributed by atoms with Gasteiger partial charge in [0.1, 0.15) is 0 Å². The van der Waals surface area contributed by atoms with E-state index in [9.17, 15) is 18.0 Å². The van der Waals surface area contributed by atoms with Crippen LogP contribution in [-0.2, 0) is 30.7 Å². The van der Waals surface area contributed by atoms with Crippen LogP contribution in [0.15, 0.2) is 65.6 Å². The number of benzene rings is 2. The molecule has 0 aliphatic rings. The maximum Gasteiger partial charge on any atom is 0.305 e. The normalized spacial score (nSPS) is 12.2. The molecule has 31 heavy (non-hydrogen) atoms. The summed E-state index contributed by atoms with van der Waals surface area (Å²) in [5, 5.41) is 0. The number of carbonyl (C=O) groups is 2. The Bertz CT molecular complexity index is 929. The van der Waals surface area contributed by atoms with Crippen molar-refractivity contribution in [3.63, 3.8) is 0 Å². The van der Waals surface area contributed by atoms with Gasteiger partial charge in [0.2, 0.25) is 5.91 Å². The van der Waals surface area contributed by atoms with Crippen LogP contribution in [0.4, 0.5) is 0 Å². The average Bonchev–Trinajstić information content (AvgIpc) is 2.77. The molecule has 0 fully saturated rings. The monoisotopic (exact) mass is 445 g/mol. The topological polar surface area (TPSA) is 80.8 Å². The van der Waals surface area contributed by atoms with Gasteiger partial charge in [-0.1, -0.05) is 48.5 Å². The lowest BCUT2D eigenvalue weighted by molar-refractivity contribution is -0.143. The summed E-state index contributed by atoms with van der Waals surface area (Å²) in [6.07, 6.45) is 1.13. The summed E-state index contributed by atoms with van der Waals surface area (Å²) in [5.74, 6) is -0.454. The summed E-state index contributed by atoms with van der Waals surface area (Å²) in [4.78, 5) is 26.5. The second-order valence-corrected chi connectivity index (χ2v) is 9.54. The highest BCUT2D eigenvalue weighted by atomic mass is 32.2. The fourth-order valence-electron chi connectivity index (χ4n) is 3.26. The van der Waals surface area contributed by atoms with Crippen LogP contribution in [0.2, 0.25) is 0 Å². The largest absolute Gasteiger partial charge is 0.466 e. The zero-order valence-electron chi connectivity index (χ0n) is 18.2. The molecule has 6 nitrogen and oxygen atoms in total. The Labute approximate surface area is 185 Å². The van der Waals surface area contributed by atoms with Crippen molar-refractivity contribution in [2.45, 2.75) is 57.0 Å². The molecule has 0 heterocycles. The molecule has 0 saturated heterocycles. The van der Waals surface area contributed by atoms with E-state index in [0.29, 0.717) is 26.0 Å². The molecule has 0 N–H and O–H groups in total. The van der Waals surface area contributed by atoms with Crippen LogP contribution in [0.1, 0.15) is 45.1 Å². The fraction of sp³-hybridized carbons (Fsp3) is 0.417. The molecule has 7 heteroatoms. The molecule has 1 atom stereocenters. The zero-order valence-corrected chi connectivity index (χ0v) is 19.0. The number of hydrogen-bond donors (Lipinski definition) is 0. The van der Waals surface area contributed by atoms with Crippen LogP contribution in [-0.4, -0.2) is 43.6 Å². The van der Waals surface area contributed by atoms with E-state index in [1.54, 1.807) is 42.2 Å². The Kier molecular flexibility index (Phi) is 9.72. The van der Waals surface area contributed by atoms with Crippen LogP contribution < -0.4 is 0 Å². The minimum atomic E-state index is -3.42. The summed E-state index contributed by atoms with van der Waals surface area (Å²) in [6, 6.07) is 17.7. The first-order valence-electron chi connectivity index (χ1n) is 10.6. The number of carbonyl (C=O) groups excluding carboxylic acids is 2. The van der Waals surface area contributed by atoms with Crippen molar-refractivity contribution in [2.24, 2.45) is 0 Å². The second kappa shape index (κ2) is 12.2. The first-order valence-corrected chi connectivity index (χ1v) is 12.3. The maximum atomic E-state index is 12.9. The highest BCUT2D eigenvalue weighted by Crippen LogP contribution is 2.17. The lowest BCUT2D eigenvalue weighted by Crippen LogP contribution is -2.39. The van der Waals surface area contributed by atoms with E-state index in [4.69, 9.17) is 4.74 Å². The molecule has 0 spiro atoms. The van der Waals surface area contributed by atoms with E-state index in [1.165, 1.54) is 0 Å². The summed E-state index contributed by atoms with van der Waals surface area (Å²) in [5.41, 5.74) is 0.971. The molecular formula is C24H31NO5S. The van der Waals surface area contributed by atoms with Gasteiger partial charge in [0.15, 0.2) is 9.84 Å². The molecule has 168 valence electrons. The van der Waals surface area contributed by atoms with Gasteiger partial charge >= 0.3 is 5.97 Å². The van der Waals surface area contributed by atoms with Gasteiger partial charge in [-0.3, -0.25) is 9.59 Å². The van der Waals surface area contributed by atoms with Gasteiger partial charge in [-0.2, -0.15) is 0 Å². The zero-order chi connectivity index (χ0) is 22.7. The van der Waals surface area contributed by atoms with Crippen molar-refractivity contribution < 1.29 is 22.7 Å². The number of sulfone groups is 1. The first-order chi connectivity index (χ1) is 14.8. The Balaban J connectivity index is 2.04. The predicted octanol–water partition coefficient (Wildman–Crippen LogP) is 4.00. The minimum Gasteiger partial charge on any atom is -0.466 e. The number of rotatable bonds is 12. The molecule has 0 aliphatic carbocycles. The number of ether oxygens (including phenoxy) is 1. The summed E-state index contributed by atoms with van der Waals surface area (Å²) in [6.45, 7) is 4.33. The number of amides is 1. The van der Waals surface area contributed by atoms with Crippen LogP contribution in [0.5, 0.6) is 0 Å². The number of nitrogens with zero attached hydrogens (tertiary/aromatic N) is 1.